The molecule has 2 aromatic heterocycles. The van der Waals surface area contributed by atoms with Gasteiger partial charge in [-0.05, 0) is 30.5 Å². The van der Waals surface area contributed by atoms with Gasteiger partial charge in [0, 0.05) is 24.1 Å². The molecule has 2 aliphatic rings. The Hall–Kier alpha value is -2.45. The highest BCUT2D eigenvalue weighted by atomic mass is 32.2. The third-order valence-corrected chi connectivity index (χ3v) is 7.61. The third kappa shape index (κ3) is 4.90. The summed E-state index contributed by atoms with van der Waals surface area (Å²) < 4.78 is 34.0. The molecule has 3 aromatic rings. The molecule has 4 N–H and O–H groups in total. The van der Waals surface area contributed by atoms with E-state index in [1.807, 2.05) is 0 Å². The molecule has 10 nitrogen and oxygen atoms in total. The Morgan fingerprint density at radius 1 is 1.17 bits per heavy atom. The molecule has 1 aromatic carbocycles. The lowest BCUT2D eigenvalue weighted by molar-refractivity contribution is -0.0629. The maximum Gasteiger partial charge on any atom is 0.191 e. The predicted molar refractivity (Wildman–Crippen MR) is 128 cm³/mol. The number of thioether (sulfide) groups is 1. The molecule has 0 spiro atoms. The van der Waals surface area contributed by atoms with Crippen molar-refractivity contribution in [1.29, 1.82) is 0 Å². The van der Waals surface area contributed by atoms with E-state index in [1.54, 1.807) is 6.07 Å². The molecule has 2 heterocycles. The Morgan fingerprint density at radius 3 is 2.75 bits per heavy atom. The molecule has 5 rings (SSSR count). The van der Waals surface area contributed by atoms with E-state index in [9.17, 15) is 19.0 Å². The lowest BCUT2D eigenvalue weighted by atomic mass is 10.1. The summed E-state index contributed by atoms with van der Waals surface area (Å²) >= 11 is 1.48. The molecule has 0 unspecified atom stereocenters. The summed E-state index contributed by atoms with van der Waals surface area (Å²) in [5, 5.41) is 42.5. The highest BCUT2D eigenvalue weighted by Crippen LogP contribution is 2.44. The van der Waals surface area contributed by atoms with Crippen LogP contribution in [0.4, 0.5) is 14.6 Å². The average Bonchev–Trinajstić information content (AvgIpc) is 3.41. The maximum atomic E-state index is 13.7. The summed E-state index contributed by atoms with van der Waals surface area (Å²) in [6, 6.07) is 3.26. The van der Waals surface area contributed by atoms with Crippen molar-refractivity contribution in [3.8, 4) is 0 Å². The topological polar surface area (TPSA) is 138 Å². The van der Waals surface area contributed by atoms with E-state index in [-0.39, 0.29) is 31.6 Å². The normalized spacial score (nSPS) is 27.6. The molecule has 36 heavy (non-hydrogen) atoms. The molecule has 2 saturated carbocycles. The van der Waals surface area contributed by atoms with Gasteiger partial charge in [-0.1, -0.05) is 30.0 Å². The summed E-state index contributed by atoms with van der Waals surface area (Å²) in [5.74, 6) is -0.472. The Labute approximate surface area is 210 Å². The molecule has 2 aliphatic carbocycles. The van der Waals surface area contributed by atoms with Crippen molar-refractivity contribution in [2.45, 2.75) is 67.7 Å². The van der Waals surface area contributed by atoms with Gasteiger partial charge in [0.2, 0.25) is 0 Å². The number of nitrogens with zero attached hydrogens (tertiary/aromatic N) is 5. The van der Waals surface area contributed by atoms with Crippen molar-refractivity contribution in [3.63, 3.8) is 0 Å². The lowest BCUT2D eigenvalue weighted by Crippen LogP contribution is -2.33. The number of aromatic nitrogens is 5. The summed E-state index contributed by atoms with van der Waals surface area (Å²) in [4.78, 5) is 9.27. The second-order valence-corrected chi connectivity index (χ2v) is 10.2. The van der Waals surface area contributed by atoms with E-state index in [1.165, 1.54) is 22.5 Å². The van der Waals surface area contributed by atoms with Crippen LogP contribution >= 0.6 is 11.8 Å². The minimum atomic E-state index is -1.15. The molecule has 0 bridgehead atoms. The van der Waals surface area contributed by atoms with E-state index in [2.05, 4.69) is 32.5 Å². The number of nitrogens with one attached hydrogen (secondary N) is 1. The van der Waals surface area contributed by atoms with Crippen LogP contribution in [-0.2, 0) is 4.74 Å². The maximum absolute atomic E-state index is 13.7. The van der Waals surface area contributed by atoms with Gasteiger partial charge in [-0.25, -0.2) is 23.4 Å². The first-order valence-corrected chi connectivity index (χ1v) is 13.0. The van der Waals surface area contributed by atoms with Crippen molar-refractivity contribution in [1.82, 2.24) is 25.0 Å². The molecule has 13 heteroatoms. The number of aliphatic hydroxyl groups is 3. The number of benzene rings is 1. The van der Waals surface area contributed by atoms with E-state index in [0.29, 0.717) is 27.7 Å². The van der Waals surface area contributed by atoms with Gasteiger partial charge in [-0.2, -0.15) is 0 Å². The van der Waals surface area contributed by atoms with Crippen molar-refractivity contribution in [2.24, 2.45) is 0 Å². The highest BCUT2D eigenvalue weighted by Gasteiger charge is 2.45. The molecule has 6 atom stereocenters. The van der Waals surface area contributed by atoms with Crippen LogP contribution in [0.3, 0.4) is 0 Å². The van der Waals surface area contributed by atoms with Crippen molar-refractivity contribution in [2.75, 3.05) is 24.3 Å². The van der Waals surface area contributed by atoms with E-state index in [4.69, 9.17) is 9.84 Å². The van der Waals surface area contributed by atoms with Crippen LogP contribution in [0, 0.1) is 11.6 Å². The molecule has 194 valence electrons. The number of ether oxygens (including phenoxy) is 1. The van der Waals surface area contributed by atoms with Gasteiger partial charge in [0.1, 0.15) is 12.2 Å². The fourth-order valence-corrected chi connectivity index (χ4v) is 5.31. The quantitative estimate of drug-likeness (QED) is 0.231. The summed E-state index contributed by atoms with van der Waals surface area (Å²) in [6.45, 7) is 1.91. The van der Waals surface area contributed by atoms with Crippen LogP contribution in [-0.4, -0.2) is 83.6 Å². The molecule has 0 amide bonds. The van der Waals surface area contributed by atoms with Gasteiger partial charge in [0.05, 0.1) is 25.4 Å². The van der Waals surface area contributed by atoms with Gasteiger partial charge in [-0.3, -0.25) is 0 Å². The number of hydrogen-bond acceptors (Lipinski definition) is 10. The zero-order chi connectivity index (χ0) is 25.4. The number of fused-ring (bicyclic) bond motifs is 1. The SMILES string of the molecule is CCCSc1nc(N[C@H]2C[C@@H]2c2ccc(F)c(F)c2)c2nnn([C@@H]3C[C@@H](OCCO)[C@H](O)[C@@H]3O)c2n1. The zero-order valence-electron chi connectivity index (χ0n) is 19.6. The zero-order valence-corrected chi connectivity index (χ0v) is 20.4. The number of rotatable bonds is 10. The molecule has 0 aliphatic heterocycles. The van der Waals surface area contributed by atoms with Crippen LogP contribution in [0.5, 0.6) is 0 Å². The number of aliphatic hydroxyl groups excluding tert-OH is 3. The van der Waals surface area contributed by atoms with Gasteiger partial charge in [0.25, 0.3) is 0 Å². The first-order chi connectivity index (χ1) is 17.4. The molecule has 2 fully saturated rings. The Kier molecular flexibility index (Phi) is 7.35. The Bertz CT molecular complexity index is 1230. The second-order valence-electron chi connectivity index (χ2n) is 9.09. The standard InChI is InChI=1S/C23H28F2N6O4S/c1-2-7-36-23-27-21(26-15-9-12(15)11-3-4-13(24)14(25)8-11)18-22(28-23)31(30-29-18)16-10-17(35-6-5-32)20(34)19(16)33/h3-4,8,12,15-17,19-20,32-34H,2,5-7,9-10H2,1H3,(H,26,27,28)/t12-,15+,16-,17-,19-,20+/m1/s1. The van der Waals surface area contributed by atoms with Gasteiger partial charge < -0.3 is 25.4 Å². The first-order valence-electron chi connectivity index (χ1n) is 12.0. The number of hydrogen-bond donors (Lipinski definition) is 4. The van der Waals surface area contributed by atoms with Crippen LogP contribution in [0.2, 0.25) is 0 Å². The minimum absolute atomic E-state index is 0.00291. The van der Waals surface area contributed by atoms with Crippen molar-refractivity contribution < 1.29 is 28.8 Å². The van der Waals surface area contributed by atoms with Gasteiger partial charge in [0.15, 0.2) is 33.8 Å². The van der Waals surface area contributed by atoms with Crippen molar-refractivity contribution in [3.05, 3.63) is 35.4 Å². The van der Waals surface area contributed by atoms with Crippen LogP contribution in [0.15, 0.2) is 23.4 Å². The minimum Gasteiger partial charge on any atom is -0.394 e. The van der Waals surface area contributed by atoms with Crippen LogP contribution < -0.4 is 5.32 Å². The fraction of sp³-hybridized carbons (Fsp3) is 0.565. The lowest BCUT2D eigenvalue weighted by Gasteiger charge is -2.17. The molecule has 0 radical (unpaired) electrons. The number of halogens is 2. The van der Waals surface area contributed by atoms with Crippen molar-refractivity contribution >= 4 is 28.7 Å². The van der Waals surface area contributed by atoms with Gasteiger partial charge in [-0.15, -0.1) is 5.10 Å². The Balaban J connectivity index is 1.43. The largest absolute Gasteiger partial charge is 0.394 e. The van der Waals surface area contributed by atoms with Crippen LogP contribution in [0.25, 0.3) is 11.2 Å². The number of anilines is 1. The molecule has 0 saturated heterocycles. The van der Waals surface area contributed by atoms with E-state index < -0.39 is 36.0 Å². The smallest absolute Gasteiger partial charge is 0.191 e. The molecular weight excluding hydrogens is 494 g/mol. The third-order valence-electron chi connectivity index (χ3n) is 6.56. The fourth-order valence-electron chi connectivity index (χ4n) is 4.61. The molecular formula is C23H28F2N6O4S. The predicted octanol–water partition coefficient (Wildman–Crippen LogP) is 2.01. The summed E-state index contributed by atoms with van der Waals surface area (Å²) in [7, 11) is 0. The average molecular weight is 523 g/mol. The second kappa shape index (κ2) is 10.5. The summed E-state index contributed by atoms with van der Waals surface area (Å²) in [5.41, 5.74) is 1.53. The monoisotopic (exact) mass is 522 g/mol. The summed E-state index contributed by atoms with van der Waals surface area (Å²) in [6.07, 6.45) is -1.04. The van der Waals surface area contributed by atoms with E-state index in [0.717, 1.165) is 24.7 Å². The van der Waals surface area contributed by atoms with Gasteiger partial charge >= 0.3 is 0 Å². The first kappa shape index (κ1) is 25.2. The highest BCUT2D eigenvalue weighted by molar-refractivity contribution is 7.99. The Morgan fingerprint density at radius 2 is 2.00 bits per heavy atom. The van der Waals surface area contributed by atoms with E-state index >= 15 is 0 Å². The van der Waals surface area contributed by atoms with Crippen LogP contribution in [0.1, 0.15) is 43.7 Å².